The molecule has 3 N–H and O–H groups in total. The maximum Gasteiger partial charge on any atom is 0.326 e. The molecule has 0 aliphatic heterocycles. The molecule has 1 amide bonds. The van der Waals surface area contributed by atoms with Crippen LogP contribution in [0, 0.1) is 6.92 Å². The van der Waals surface area contributed by atoms with Crippen molar-refractivity contribution in [3.63, 3.8) is 0 Å². The Kier molecular flexibility index (Phi) is 9.38. The number of hydrogen-bond donors (Lipinski definition) is 3. The zero-order chi connectivity index (χ0) is 25.2. The number of carbonyl (C=O) groups is 3. The standard InChI is InChI=1S/C27H28ClN3O4/c1-18-6-4-8-22(28)25(18)26(33)31-23(27(34)35)17-20-12-10-19(11-13-20)16-21(32)7-5-15-30-24-9-2-3-14-29-24/h2-4,6,8-14,23H,5,7,15-17H2,1H3,(H,29,30)(H,31,33)(H,34,35)/t23-/m0/s1. The molecule has 182 valence electrons. The second kappa shape index (κ2) is 12.7. The third kappa shape index (κ3) is 7.93. The van der Waals surface area contributed by atoms with E-state index in [1.807, 2.05) is 30.3 Å². The molecule has 0 saturated heterocycles. The van der Waals surface area contributed by atoms with Crippen LogP contribution in [0.3, 0.4) is 0 Å². The molecule has 2 aromatic carbocycles. The number of nitrogens with zero attached hydrogens (tertiary/aromatic N) is 1. The lowest BCUT2D eigenvalue weighted by atomic mass is 10.0. The van der Waals surface area contributed by atoms with Crippen LogP contribution in [-0.4, -0.2) is 40.3 Å². The molecule has 35 heavy (non-hydrogen) atoms. The van der Waals surface area contributed by atoms with Gasteiger partial charge in [-0.15, -0.1) is 0 Å². The van der Waals surface area contributed by atoms with Crippen LogP contribution in [0.15, 0.2) is 66.9 Å². The Bertz CT molecular complexity index is 1150. The molecule has 3 rings (SSSR count). The van der Waals surface area contributed by atoms with Crippen molar-refractivity contribution >= 4 is 35.1 Å². The number of carboxylic acid groups (broad SMARTS) is 1. The topological polar surface area (TPSA) is 108 Å². The Morgan fingerprint density at radius 3 is 2.40 bits per heavy atom. The number of aromatic nitrogens is 1. The molecule has 0 fully saturated rings. The van der Waals surface area contributed by atoms with Gasteiger partial charge in [0, 0.05) is 32.0 Å². The smallest absolute Gasteiger partial charge is 0.326 e. The maximum absolute atomic E-state index is 12.7. The Morgan fingerprint density at radius 1 is 1.00 bits per heavy atom. The SMILES string of the molecule is Cc1cccc(Cl)c1C(=O)N[C@@H](Cc1ccc(CC(=O)CCCNc2ccccn2)cc1)C(=O)O. The fraction of sp³-hybridized carbons (Fsp3) is 0.259. The second-order valence-electron chi connectivity index (χ2n) is 8.28. The van der Waals surface area contributed by atoms with E-state index in [2.05, 4.69) is 15.6 Å². The predicted octanol–water partition coefficient (Wildman–Crippen LogP) is 4.47. The Labute approximate surface area is 209 Å². The minimum atomic E-state index is -1.14. The molecular weight excluding hydrogens is 466 g/mol. The number of nitrogens with one attached hydrogen (secondary N) is 2. The third-order valence-corrected chi connectivity index (χ3v) is 5.83. The summed E-state index contributed by atoms with van der Waals surface area (Å²) in [5.74, 6) is -0.748. The number of anilines is 1. The summed E-state index contributed by atoms with van der Waals surface area (Å²) in [4.78, 5) is 40.9. The highest BCUT2D eigenvalue weighted by Crippen LogP contribution is 2.20. The van der Waals surface area contributed by atoms with Crippen LogP contribution in [-0.2, 0) is 22.4 Å². The summed E-state index contributed by atoms with van der Waals surface area (Å²) in [6.45, 7) is 2.41. The van der Waals surface area contributed by atoms with Gasteiger partial charge in [0.25, 0.3) is 5.91 Å². The van der Waals surface area contributed by atoms with Crippen LogP contribution in [0.4, 0.5) is 5.82 Å². The van der Waals surface area contributed by atoms with Crippen LogP contribution in [0.25, 0.3) is 0 Å². The zero-order valence-corrected chi connectivity index (χ0v) is 20.2. The number of carbonyl (C=O) groups excluding carboxylic acids is 2. The summed E-state index contributed by atoms with van der Waals surface area (Å²) in [7, 11) is 0. The lowest BCUT2D eigenvalue weighted by molar-refractivity contribution is -0.139. The highest BCUT2D eigenvalue weighted by molar-refractivity contribution is 6.34. The largest absolute Gasteiger partial charge is 0.480 e. The molecule has 0 unspecified atom stereocenters. The van der Waals surface area contributed by atoms with E-state index in [1.165, 1.54) is 0 Å². The van der Waals surface area contributed by atoms with Gasteiger partial charge in [-0.25, -0.2) is 9.78 Å². The predicted molar refractivity (Wildman–Crippen MR) is 136 cm³/mol. The number of aryl methyl sites for hydroxylation is 1. The van der Waals surface area contributed by atoms with Crippen LogP contribution < -0.4 is 10.6 Å². The van der Waals surface area contributed by atoms with Gasteiger partial charge in [0.1, 0.15) is 17.6 Å². The number of carboxylic acids is 1. The Hall–Kier alpha value is -3.71. The minimum Gasteiger partial charge on any atom is -0.480 e. The van der Waals surface area contributed by atoms with Gasteiger partial charge < -0.3 is 15.7 Å². The summed E-state index contributed by atoms with van der Waals surface area (Å²) in [5.41, 5.74) is 2.54. The van der Waals surface area contributed by atoms with Crippen LogP contribution in [0.2, 0.25) is 5.02 Å². The number of benzene rings is 2. The van der Waals surface area contributed by atoms with Gasteiger partial charge >= 0.3 is 5.97 Å². The van der Waals surface area contributed by atoms with Crippen molar-refractivity contribution in [2.24, 2.45) is 0 Å². The molecule has 0 radical (unpaired) electrons. The fourth-order valence-electron chi connectivity index (χ4n) is 3.66. The summed E-state index contributed by atoms with van der Waals surface area (Å²) < 4.78 is 0. The van der Waals surface area contributed by atoms with Crippen molar-refractivity contribution in [2.45, 2.75) is 38.6 Å². The fourth-order valence-corrected chi connectivity index (χ4v) is 3.97. The Balaban J connectivity index is 1.49. The van der Waals surface area contributed by atoms with E-state index in [1.54, 1.807) is 43.5 Å². The van der Waals surface area contributed by atoms with Crippen LogP contribution in [0.5, 0.6) is 0 Å². The Morgan fingerprint density at radius 2 is 1.74 bits per heavy atom. The van der Waals surface area contributed by atoms with E-state index >= 15 is 0 Å². The van der Waals surface area contributed by atoms with Gasteiger partial charge in [0.2, 0.25) is 0 Å². The van der Waals surface area contributed by atoms with E-state index < -0.39 is 17.9 Å². The molecule has 8 heteroatoms. The van der Waals surface area contributed by atoms with Crippen molar-refractivity contribution < 1.29 is 19.5 Å². The van der Waals surface area contributed by atoms with Crippen molar-refractivity contribution in [3.05, 3.63) is 94.1 Å². The molecular formula is C27H28ClN3O4. The number of halogens is 1. The third-order valence-electron chi connectivity index (χ3n) is 5.52. The van der Waals surface area contributed by atoms with Crippen LogP contribution in [0.1, 0.15) is 39.9 Å². The quantitative estimate of drug-likeness (QED) is 0.321. The molecule has 1 aromatic heterocycles. The molecule has 0 saturated carbocycles. The molecule has 1 atom stereocenters. The number of amides is 1. The number of ketones is 1. The molecule has 0 bridgehead atoms. The van der Waals surface area contributed by atoms with Crippen molar-refractivity contribution in [1.82, 2.24) is 10.3 Å². The van der Waals surface area contributed by atoms with Crippen molar-refractivity contribution in [3.8, 4) is 0 Å². The summed E-state index contributed by atoms with van der Waals surface area (Å²) in [6, 6.07) is 16.8. The summed E-state index contributed by atoms with van der Waals surface area (Å²) >= 11 is 6.13. The first-order valence-corrected chi connectivity index (χ1v) is 11.7. The van der Waals surface area contributed by atoms with Gasteiger partial charge in [-0.1, -0.05) is 54.1 Å². The minimum absolute atomic E-state index is 0.109. The first kappa shape index (κ1) is 25.9. The van der Waals surface area contributed by atoms with Crippen molar-refractivity contribution in [2.75, 3.05) is 11.9 Å². The molecule has 3 aromatic rings. The summed E-state index contributed by atoms with van der Waals surface area (Å²) in [6.07, 6.45) is 3.30. The lowest BCUT2D eigenvalue weighted by Crippen LogP contribution is -2.42. The molecule has 0 spiro atoms. The second-order valence-corrected chi connectivity index (χ2v) is 8.68. The monoisotopic (exact) mass is 493 g/mol. The van der Waals surface area contributed by atoms with E-state index in [4.69, 9.17) is 11.6 Å². The van der Waals surface area contributed by atoms with Gasteiger partial charge in [0.15, 0.2) is 0 Å². The van der Waals surface area contributed by atoms with Gasteiger partial charge in [-0.05, 0) is 48.2 Å². The number of rotatable bonds is 12. The van der Waals surface area contributed by atoms with Gasteiger partial charge in [0.05, 0.1) is 10.6 Å². The van der Waals surface area contributed by atoms with Gasteiger partial charge in [-0.3, -0.25) is 9.59 Å². The number of Topliss-reactive ketones (excluding diaryl/α,β-unsaturated/α-hetero) is 1. The molecule has 0 aliphatic rings. The molecule has 7 nitrogen and oxygen atoms in total. The average Bonchev–Trinajstić information content (AvgIpc) is 2.83. The highest BCUT2D eigenvalue weighted by Gasteiger charge is 2.23. The first-order valence-electron chi connectivity index (χ1n) is 11.4. The van der Waals surface area contributed by atoms with E-state index in [0.29, 0.717) is 31.4 Å². The average molecular weight is 494 g/mol. The van der Waals surface area contributed by atoms with E-state index in [9.17, 15) is 19.5 Å². The van der Waals surface area contributed by atoms with Crippen LogP contribution >= 0.6 is 11.6 Å². The maximum atomic E-state index is 12.7. The molecule has 0 aliphatic carbocycles. The first-order chi connectivity index (χ1) is 16.8. The summed E-state index contributed by atoms with van der Waals surface area (Å²) in [5, 5.41) is 15.6. The highest BCUT2D eigenvalue weighted by atomic mass is 35.5. The number of pyridine rings is 1. The van der Waals surface area contributed by atoms with Crippen molar-refractivity contribution in [1.29, 1.82) is 0 Å². The van der Waals surface area contributed by atoms with E-state index in [0.717, 1.165) is 16.9 Å². The van der Waals surface area contributed by atoms with E-state index in [-0.39, 0.29) is 22.8 Å². The zero-order valence-electron chi connectivity index (χ0n) is 19.5. The normalized spacial score (nSPS) is 11.5. The lowest BCUT2D eigenvalue weighted by Gasteiger charge is -2.16. The number of hydrogen-bond acceptors (Lipinski definition) is 5. The molecule has 1 heterocycles. The number of aliphatic carboxylic acids is 1. The van der Waals surface area contributed by atoms with Gasteiger partial charge in [-0.2, -0.15) is 0 Å².